The van der Waals surface area contributed by atoms with Crippen molar-refractivity contribution in [1.29, 1.82) is 0 Å². The van der Waals surface area contributed by atoms with Crippen LogP contribution in [0.4, 0.5) is 0 Å². The summed E-state index contributed by atoms with van der Waals surface area (Å²) in [5.41, 5.74) is 3.83. The van der Waals surface area contributed by atoms with Gasteiger partial charge in [-0.3, -0.25) is 9.78 Å². The zero-order chi connectivity index (χ0) is 11.7. The van der Waals surface area contributed by atoms with E-state index in [0.29, 0.717) is 0 Å². The summed E-state index contributed by atoms with van der Waals surface area (Å²) in [5.74, 6) is -0.100. The molecule has 1 atom stereocenters. The van der Waals surface area contributed by atoms with Gasteiger partial charge in [0.1, 0.15) is 0 Å². The van der Waals surface area contributed by atoms with Gasteiger partial charge in [0.05, 0.1) is 11.6 Å². The minimum absolute atomic E-state index is 0.0204. The van der Waals surface area contributed by atoms with Crippen molar-refractivity contribution >= 4 is 5.91 Å². The molecular formula is C13H16N2O. The predicted octanol–water partition coefficient (Wildman–Crippen LogP) is 2.21. The van der Waals surface area contributed by atoms with Crippen molar-refractivity contribution in [2.45, 2.75) is 32.6 Å². The number of carbonyl (C=O) groups is 1. The number of hydrogen-bond donors (Lipinski definition) is 1. The number of aryl methyl sites for hydroxylation is 2. The number of allylic oxidation sites excluding steroid dienone is 1. The van der Waals surface area contributed by atoms with Gasteiger partial charge in [-0.05, 0) is 38.3 Å². The van der Waals surface area contributed by atoms with E-state index in [2.05, 4.69) is 16.9 Å². The molecule has 1 aromatic rings. The highest BCUT2D eigenvalue weighted by molar-refractivity contribution is 5.85. The molecule has 1 N–H and O–H groups in total. The molecule has 1 unspecified atom stereocenters. The number of piperidine rings is 1. The number of nitrogens with zero attached hydrogens (tertiary/aromatic N) is 1. The van der Waals surface area contributed by atoms with Crippen molar-refractivity contribution < 1.29 is 4.79 Å². The van der Waals surface area contributed by atoms with Gasteiger partial charge in [0, 0.05) is 11.4 Å². The predicted molar refractivity (Wildman–Crippen MR) is 63.0 cm³/mol. The summed E-state index contributed by atoms with van der Waals surface area (Å²) in [4.78, 5) is 16.3. The molecule has 1 aliphatic rings. The first-order valence-electron chi connectivity index (χ1n) is 5.50. The molecule has 3 heteroatoms. The van der Waals surface area contributed by atoms with Crippen LogP contribution in [0, 0.1) is 13.8 Å². The van der Waals surface area contributed by atoms with Gasteiger partial charge >= 0.3 is 0 Å². The third kappa shape index (κ3) is 1.98. The molecule has 2 rings (SSSR count). The van der Waals surface area contributed by atoms with E-state index < -0.39 is 0 Å². The van der Waals surface area contributed by atoms with E-state index in [1.807, 2.05) is 26.0 Å². The Hall–Kier alpha value is -1.64. The molecule has 0 saturated carbocycles. The second kappa shape index (κ2) is 4.08. The maximum atomic E-state index is 11.8. The van der Waals surface area contributed by atoms with Crippen LogP contribution in [0.3, 0.4) is 0 Å². The Kier molecular flexibility index (Phi) is 2.77. The number of carbonyl (C=O) groups excluding carboxylic acids is 1. The molecular weight excluding hydrogens is 200 g/mol. The molecule has 1 fully saturated rings. The number of rotatable bonds is 1. The summed E-state index contributed by atoms with van der Waals surface area (Å²) < 4.78 is 0. The largest absolute Gasteiger partial charge is 0.330 e. The first kappa shape index (κ1) is 10.9. The van der Waals surface area contributed by atoms with Crippen LogP contribution in [-0.4, -0.2) is 10.9 Å². The minimum atomic E-state index is -0.121. The molecule has 1 aromatic heterocycles. The van der Waals surface area contributed by atoms with Gasteiger partial charge in [-0.15, -0.1) is 0 Å². The number of hydrogen-bond acceptors (Lipinski definition) is 2. The highest BCUT2D eigenvalue weighted by atomic mass is 16.2. The minimum Gasteiger partial charge on any atom is -0.330 e. The van der Waals surface area contributed by atoms with E-state index in [4.69, 9.17) is 0 Å². The Morgan fingerprint density at radius 3 is 2.81 bits per heavy atom. The maximum Gasteiger partial charge on any atom is 0.233 e. The zero-order valence-electron chi connectivity index (χ0n) is 9.71. The lowest BCUT2D eigenvalue weighted by Gasteiger charge is -2.23. The lowest BCUT2D eigenvalue weighted by Crippen LogP contribution is -2.33. The summed E-state index contributed by atoms with van der Waals surface area (Å²) in [5, 5.41) is 2.79. The van der Waals surface area contributed by atoms with Crippen LogP contribution >= 0.6 is 0 Å². The molecule has 1 amide bonds. The molecule has 0 aromatic carbocycles. The van der Waals surface area contributed by atoms with Crippen LogP contribution in [0.15, 0.2) is 24.4 Å². The van der Waals surface area contributed by atoms with E-state index in [0.717, 1.165) is 35.5 Å². The molecule has 1 saturated heterocycles. The normalized spacial score (nSPS) is 20.8. The Morgan fingerprint density at radius 2 is 2.19 bits per heavy atom. The van der Waals surface area contributed by atoms with Crippen LogP contribution in [0.25, 0.3) is 0 Å². The summed E-state index contributed by atoms with van der Waals surface area (Å²) >= 11 is 0. The highest BCUT2D eigenvalue weighted by Crippen LogP contribution is 2.26. The van der Waals surface area contributed by atoms with E-state index in [1.54, 1.807) is 0 Å². The van der Waals surface area contributed by atoms with Crippen molar-refractivity contribution in [2.24, 2.45) is 0 Å². The fourth-order valence-corrected chi connectivity index (χ4v) is 1.90. The van der Waals surface area contributed by atoms with E-state index >= 15 is 0 Å². The van der Waals surface area contributed by atoms with Crippen molar-refractivity contribution in [3.05, 3.63) is 41.4 Å². The van der Waals surface area contributed by atoms with Crippen LogP contribution in [0.5, 0.6) is 0 Å². The summed E-state index contributed by atoms with van der Waals surface area (Å²) in [6.07, 6.45) is 1.64. The fraction of sp³-hybridized carbons (Fsp3) is 0.385. The molecule has 84 valence electrons. The van der Waals surface area contributed by atoms with Gasteiger partial charge in [-0.25, -0.2) is 0 Å². The molecule has 0 spiro atoms. The third-order valence-corrected chi connectivity index (χ3v) is 3.08. The van der Waals surface area contributed by atoms with Crippen LogP contribution < -0.4 is 5.32 Å². The average molecular weight is 216 g/mol. The van der Waals surface area contributed by atoms with E-state index in [9.17, 15) is 4.79 Å². The lowest BCUT2D eigenvalue weighted by molar-refractivity contribution is -0.122. The first-order valence-corrected chi connectivity index (χ1v) is 5.50. The Bertz CT molecular complexity index is 451. The molecule has 0 bridgehead atoms. The summed E-state index contributed by atoms with van der Waals surface area (Å²) in [6, 6.07) is 3.97. The SMILES string of the molecule is C=C1CCC(c2ccc(C)c(C)n2)C(=O)N1. The second-order valence-corrected chi connectivity index (χ2v) is 4.32. The van der Waals surface area contributed by atoms with Crippen LogP contribution in [0.1, 0.15) is 35.7 Å². The summed E-state index contributed by atoms with van der Waals surface area (Å²) in [7, 11) is 0. The maximum absolute atomic E-state index is 11.8. The number of pyridine rings is 1. The molecule has 0 aliphatic carbocycles. The van der Waals surface area contributed by atoms with Gasteiger partial charge in [0.15, 0.2) is 0 Å². The second-order valence-electron chi connectivity index (χ2n) is 4.32. The lowest BCUT2D eigenvalue weighted by atomic mass is 9.93. The van der Waals surface area contributed by atoms with Gasteiger partial charge in [-0.2, -0.15) is 0 Å². The number of aromatic nitrogens is 1. The number of amides is 1. The van der Waals surface area contributed by atoms with Crippen molar-refractivity contribution in [2.75, 3.05) is 0 Å². The summed E-state index contributed by atoms with van der Waals surface area (Å²) in [6.45, 7) is 7.77. The monoisotopic (exact) mass is 216 g/mol. The highest BCUT2D eigenvalue weighted by Gasteiger charge is 2.26. The zero-order valence-corrected chi connectivity index (χ0v) is 9.71. The molecule has 1 aliphatic heterocycles. The number of nitrogens with one attached hydrogen (secondary N) is 1. The average Bonchev–Trinajstić information content (AvgIpc) is 2.22. The Morgan fingerprint density at radius 1 is 1.44 bits per heavy atom. The van der Waals surface area contributed by atoms with Gasteiger partial charge in [0.25, 0.3) is 0 Å². The molecule has 3 nitrogen and oxygen atoms in total. The quantitative estimate of drug-likeness (QED) is 0.782. The standard InChI is InChI=1S/C13H16N2O/c1-8-4-7-12(15-10(8)3)11-6-5-9(2)14-13(11)16/h4,7,11H,2,5-6H2,1,3H3,(H,14,16). The Balaban J connectivity index is 2.27. The molecule has 16 heavy (non-hydrogen) atoms. The molecule has 0 radical (unpaired) electrons. The smallest absolute Gasteiger partial charge is 0.233 e. The topological polar surface area (TPSA) is 42.0 Å². The first-order chi connectivity index (χ1) is 7.58. The van der Waals surface area contributed by atoms with Crippen molar-refractivity contribution in [3.8, 4) is 0 Å². The van der Waals surface area contributed by atoms with Gasteiger partial charge in [-0.1, -0.05) is 12.6 Å². The molecule has 2 heterocycles. The van der Waals surface area contributed by atoms with Gasteiger partial charge < -0.3 is 5.32 Å². The Labute approximate surface area is 95.6 Å². The third-order valence-electron chi connectivity index (χ3n) is 3.08. The van der Waals surface area contributed by atoms with Crippen LogP contribution in [0.2, 0.25) is 0 Å². The van der Waals surface area contributed by atoms with Crippen molar-refractivity contribution in [1.82, 2.24) is 10.3 Å². The fourth-order valence-electron chi connectivity index (χ4n) is 1.90. The van der Waals surface area contributed by atoms with E-state index in [-0.39, 0.29) is 11.8 Å². The van der Waals surface area contributed by atoms with E-state index in [1.165, 1.54) is 0 Å². The van der Waals surface area contributed by atoms with Crippen LogP contribution in [-0.2, 0) is 4.79 Å². The van der Waals surface area contributed by atoms with Crippen molar-refractivity contribution in [3.63, 3.8) is 0 Å². The van der Waals surface area contributed by atoms with Gasteiger partial charge in [0.2, 0.25) is 5.91 Å².